The molecule has 4 saturated carbocycles. The molecule has 4 nitrogen and oxygen atoms in total. The zero-order valence-electron chi connectivity index (χ0n) is 20.4. The van der Waals surface area contributed by atoms with Crippen LogP contribution in [-0.2, 0) is 14.3 Å². The Balaban J connectivity index is 1.59. The lowest BCUT2D eigenvalue weighted by Crippen LogP contribution is -2.60. The Bertz CT molecular complexity index is 703. The number of hydrogen-bond donors (Lipinski definition) is 1. The molecule has 0 aromatic heterocycles. The zero-order chi connectivity index (χ0) is 22.6. The average molecular weight is 433 g/mol. The topological polar surface area (TPSA) is 63.6 Å². The van der Waals surface area contributed by atoms with Gasteiger partial charge >= 0.3 is 5.97 Å². The maximum Gasteiger partial charge on any atom is 0.305 e. The summed E-state index contributed by atoms with van der Waals surface area (Å²) in [6.07, 6.45) is 9.59. The van der Waals surface area contributed by atoms with Crippen molar-refractivity contribution in [3.8, 4) is 0 Å². The molecule has 0 aromatic carbocycles. The van der Waals surface area contributed by atoms with E-state index in [2.05, 4.69) is 27.7 Å². The van der Waals surface area contributed by atoms with Gasteiger partial charge in [0.25, 0.3) is 0 Å². The number of hydrogen-bond acceptors (Lipinski definition) is 4. The van der Waals surface area contributed by atoms with Crippen molar-refractivity contribution in [1.29, 1.82) is 0 Å². The number of carbonyl (C=O) groups excluding carboxylic acids is 2. The van der Waals surface area contributed by atoms with Gasteiger partial charge in [-0.3, -0.25) is 9.59 Å². The third-order valence-corrected chi connectivity index (χ3v) is 10.9. The lowest BCUT2D eigenvalue weighted by molar-refractivity contribution is -0.173. The summed E-state index contributed by atoms with van der Waals surface area (Å²) in [4.78, 5) is 25.7. The van der Waals surface area contributed by atoms with Gasteiger partial charge in [-0.05, 0) is 98.2 Å². The van der Waals surface area contributed by atoms with Crippen molar-refractivity contribution in [1.82, 2.24) is 0 Å². The summed E-state index contributed by atoms with van der Waals surface area (Å²) in [5.41, 5.74) is 0.413. The van der Waals surface area contributed by atoms with Gasteiger partial charge in [-0.2, -0.15) is 0 Å². The van der Waals surface area contributed by atoms with E-state index in [1.54, 1.807) is 0 Å². The average Bonchev–Trinajstić information content (AvgIpc) is 3.10. The van der Waals surface area contributed by atoms with Gasteiger partial charge in [-0.25, -0.2) is 0 Å². The molecule has 4 heteroatoms. The van der Waals surface area contributed by atoms with E-state index in [-0.39, 0.29) is 34.7 Å². The maximum absolute atomic E-state index is 14.0. The van der Waals surface area contributed by atoms with Gasteiger partial charge in [0.15, 0.2) is 0 Å². The molecular weight excluding hydrogens is 388 g/mol. The normalized spacial score (nSPS) is 47.8. The van der Waals surface area contributed by atoms with Crippen molar-refractivity contribution in [3.05, 3.63) is 0 Å². The number of Topliss-reactive ketones (excluding diaryl/α,β-unsaturated/α-hetero) is 1. The summed E-state index contributed by atoms with van der Waals surface area (Å²) in [5.74, 6) is 3.16. The van der Waals surface area contributed by atoms with Crippen LogP contribution in [0.2, 0.25) is 0 Å². The van der Waals surface area contributed by atoms with Crippen LogP contribution in [0.4, 0.5) is 0 Å². The summed E-state index contributed by atoms with van der Waals surface area (Å²) in [6.45, 7) is 9.42. The zero-order valence-corrected chi connectivity index (χ0v) is 20.4. The van der Waals surface area contributed by atoms with E-state index >= 15 is 0 Å². The molecule has 31 heavy (non-hydrogen) atoms. The summed E-state index contributed by atoms with van der Waals surface area (Å²) < 4.78 is 4.87. The standard InChI is InChI=1S/C27H44O4/c1-6-18-22-15-17(28)11-13-27(22,4)21-12-14-26(3)19(16(2)7-10-23(29)31-5)8-9-20(26)24(21)25(18)30/h16-22,24,28H,6-15H2,1-5H3/t16-,17-,18+,19-,20?,21?,22+,24?,26-,27-/m1/s1. The number of methoxy groups -OCH3 is 1. The van der Waals surface area contributed by atoms with E-state index in [1.807, 2.05) is 0 Å². The molecule has 176 valence electrons. The highest BCUT2D eigenvalue weighted by atomic mass is 16.5. The largest absolute Gasteiger partial charge is 0.469 e. The minimum Gasteiger partial charge on any atom is -0.469 e. The molecular formula is C27H44O4. The first-order chi connectivity index (χ1) is 14.7. The number of esters is 1. The van der Waals surface area contributed by atoms with Gasteiger partial charge in [0.1, 0.15) is 5.78 Å². The molecule has 10 atom stereocenters. The predicted molar refractivity (Wildman–Crippen MR) is 121 cm³/mol. The first-order valence-corrected chi connectivity index (χ1v) is 13.0. The van der Waals surface area contributed by atoms with Crippen molar-refractivity contribution in [3.63, 3.8) is 0 Å². The molecule has 0 saturated heterocycles. The van der Waals surface area contributed by atoms with Gasteiger partial charge in [0.2, 0.25) is 0 Å². The third kappa shape index (κ3) is 3.60. The quantitative estimate of drug-likeness (QED) is 0.590. The van der Waals surface area contributed by atoms with E-state index < -0.39 is 0 Å². The Morgan fingerprint density at radius 3 is 2.45 bits per heavy atom. The number of ether oxygens (including phenoxy) is 1. The third-order valence-electron chi connectivity index (χ3n) is 10.9. The molecule has 3 unspecified atom stereocenters. The molecule has 0 heterocycles. The van der Waals surface area contributed by atoms with E-state index in [0.717, 1.165) is 44.9 Å². The van der Waals surface area contributed by atoms with Crippen molar-refractivity contribution in [2.45, 2.75) is 98.0 Å². The van der Waals surface area contributed by atoms with Crippen LogP contribution >= 0.6 is 0 Å². The second kappa shape index (κ2) is 8.47. The van der Waals surface area contributed by atoms with E-state index in [4.69, 9.17) is 4.74 Å². The number of rotatable bonds is 5. The van der Waals surface area contributed by atoms with Gasteiger partial charge in [-0.15, -0.1) is 0 Å². The summed E-state index contributed by atoms with van der Waals surface area (Å²) >= 11 is 0. The van der Waals surface area contributed by atoms with Crippen LogP contribution in [0.3, 0.4) is 0 Å². The summed E-state index contributed by atoms with van der Waals surface area (Å²) in [7, 11) is 1.47. The molecule has 4 fully saturated rings. The van der Waals surface area contributed by atoms with Crippen LogP contribution in [0, 0.1) is 52.3 Å². The van der Waals surface area contributed by atoms with Crippen LogP contribution < -0.4 is 0 Å². The number of ketones is 1. The van der Waals surface area contributed by atoms with E-state index in [1.165, 1.54) is 20.0 Å². The minimum atomic E-state index is -0.225. The molecule has 4 rings (SSSR count). The van der Waals surface area contributed by atoms with E-state index in [9.17, 15) is 14.7 Å². The van der Waals surface area contributed by atoms with Crippen molar-refractivity contribution in [2.75, 3.05) is 7.11 Å². The van der Waals surface area contributed by atoms with Crippen molar-refractivity contribution >= 4 is 11.8 Å². The lowest BCUT2D eigenvalue weighted by atomic mass is 9.42. The molecule has 0 bridgehead atoms. The van der Waals surface area contributed by atoms with Crippen LogP contribution in [0.1, 0.15) is 91.9 Å². The highest BCUT2D eigenvalue weighted by molar-refractivity contribution is 5.86. The first-order valence-electron chi connectivity index (χ1n) is 13.0. The van der Waals surface area contributed by atoms with Crippen molar-refractivity contribution in [2.24, 2.45) is 52.3 Å². The summed E-state index contributed by atoms with van der Waals surface area (Å²) in [6, 6.07) is 0. The molecule has 4 aliphatic carbocycles. The second-order valence-electron chi connectivity index (χ2n) is 12.0. The minimum absolute atomic E-state index is 0.109. The SMILES string of the molecule is CC[C@@H]1C(=O)C2C3CC[C@H]([C@H](C)CCC(=O)OC)[C@@]3(C)CCC2[C@@]2(C)CC[C@@H](O)C[C@@H]12. The monoisotopic (exact) mass is 432 g/mol. The first kappa shape index (κ1) is 23.3. The molecule has 0 aromatic rings. The summed E-state index contributed by atoms with van der Waals surface area (Å²) in [5, 5.41) is 10.4. The second-order valence-corrected chi connectivity index (χ2v) is 12.0. The van der Waals surface area contributed by atoms with E-state index in [0.29, 0.717) is 41.8 Å². The fourth-order valence-corrected chi connectivity index (χ4v) is 9.26. The molecule has 0 amide bonds. The fourth-order valence-electron chi connectivity index (χ4n) is 9.26. The van der Waals surface area contributed by atoms with Crippen molar-refractivity contribution < 1.29 is 19.4 Å². The Hall–Kier alpha value is -0.900. The molecule has 4 aliphatic rings. The Morgan fingerprint density at radius 1 is 1.10 bits per heavy atom. The fraction of sp³-hybridized carbons (Fsp3) is 0.926. The smallest absolute Gasteiger partial charge is 0.305 e. The van der Waals surface area contributed by atoms with Gasteiger partial charge < -0.3 is 9.84 Å². The molecule has 1 N–H and O–H groups in total. The highest BCUT2D eigenvalue weighted by Gasteiger charge is 2.65. The van der Waals surface area contributed by atoms with Gasteiger partial charge in [0.05, 0.1) is 13.2 Å². The maximum atomic E-state index is 14.0. The number of fused-ring (bicyclic) bond motifs is 5. The van der Waals surface area contributed by atoms with Crippen LogP contribution in [0.15, 0.2) is 0 Å². The molecule has 0 radical (unpaired) electrons. The molecule has 0 aliphatic heterocycles. The number of aliphatic hydroxyl groups excluding tert-OH is 1. The van der Waals surface area contributed by atoms with Gasteiger partial charge in [-0.1, -0.05) is 27.7 Å². The molecule has 0 spiro atoms. The Labute approximate surface area is 188 Å². The Morgan fingerprint density at radius 2 is 1.77 bits per heavy atom. The van der Waals surface area contributed by atoms with Crippen LogP contribution in [0.25, 0.3) is 0 Å². The predicted octanol–water partition coefficient (Wildman–Crippen LogP) is 5.41. The van der Waals surface area contributed by atoms with Gasteiger partial charge in [0, 0.05) is 18.3 Å². The number of aliphatic hydroxyl groups is 1. The number of carbonyl (C=O) groups is 2. The Kier molecular flexibility index (Phi) is 6.35. The lowest BCUT2D eigenvalue weighted by Gasteiger charge is -2.62. The highest BCUT2D eigenvalue weighted by Crippen LogP contribution is 2.68. The van der Waals surface area contributed by atoms with Crippen LogP contribution in [0.5, 0.6) is 0 Å². The van der Waals surface area contributed by atoms with Crippen LogP contribution in [-0.4, -0.2) is 30.1 Å².